The van der Waals surface area contributed by atoms with E-state index >= 15 is 0 Å². The van der Waals surface area contributed by atoms with Gasteiger partial charge in [0.15, 0.2) is 0 Å². The normalized spacial score (nSPS) is 13.9. The number of aromatic nitrogens is 2. The predicted octanol–water partition coefficient (Wildman–Crippen LogP) is 5.79. The molecule has 1 aliphatic carbocycles. The van der Waals surface area contributed by atoms with Gasteiger partial charge in [-0.05, 0) is 73.1 Å². The smallest absolute Gasteiger partial charge is 0.255 e. The van der Waals surface area contributed by atoms with Crippen LogP contribution in [0.15, 0.2) is 42.7 Å². The molecule has 0 aliphatic heterocycles. The second kappa shape index (κ2) is 10.7. The molecule has 0 radical (unpaired) electrons. The van der Waals surface area contributed by atoms with E-state index in [0.717, 1.165) is 39.6 Å². The Balaban J connectivity index is 1.60. The molecule has 1 aliphatic rings. The summed E-state index contributed by atoms with van der Waals surface area (Å²) in [7, 11) is 1.98. The van der Waals surface area contributed by atoms with Crippen LogP contribution in [0.1, 0.15) is 78.1 Å². The Labute approximate surface area is 230 Å². The Bertz CT molecular complexity index is 1380. The molecule has 4 rings (SSSR count). The molecule has 38 heavy (non-hydrogen) atoms. The van der Waals surface area contributed by atoms with Gasteiger partial charge in [0.1, 0.15) is 5.82 Å². The highest BCUT2D eigenvalue weighted by Crippen LogP contribution is 2.39. The predicted molar refractivity (Wildman–Crippen MR) is 160 cm³/mol. The highest BCUT2D eigenvalue weighted by molar-refractivity contribution is 7.99. The summed E-state index contributed by atoms with van der Waals surface area (Å²) in [5.74, 6) is 7.80. The Morgan fingerprint density at radius 3 is 2.50 bits per heavy atom. The molecule has 0 bridgehead atoms. The number of aryl methyl sites for hydroxylation is 1. The van der Waals surface area contributed by atoms with Crippen molar-refractivity contribution in [3.8, 4) is 0 Å². The Hall–Kier alpha value is -3.43. The summed E-state index contributed by atoms with van der Waals surface area (Å²) < 4.78 is 5.37. The van der Waals surface area contributed by atoms with Crippen LogP contribution in [-0.4, -0.2) is 21.7 Å². The van der Waals surface area contributed by atoms with Crippen molar-refractivity contribution in [1.82, 2.24) is 9.55 Å². The number of nitrogens with zero attached hydrogens (tertiary/aromatic N) is 3. The van der Waals surface area contributed by atoms with Crippen LogP contribution in [0, 0.1) is 13.8 Å². The lowest BCUT2D eigenvalue weighted by Gasteiger charge is -2.23. The maximum atomic E-state index is 13.4. The molecule has 1 heterocycles. The Morgan fingerprint density at radius 2 is 1.87 bits per heavy atom. The van der Waals surface area contributed by atoms with Gasteiger partial charge in [0.2, 0.25) is 0 Å². The van der Waals surface area contributed by atoms with Crippen LogP contribution in [0.4, 0.5) is 17.1 Å². The summed E-state index contributed by atoms with van der Waals surface area (Å²) in [6.07, 6.45) is 7.78. The van der Waals surface area contributed by atoms with Crippen LogP contribution >= 0.6 is 11.9 Å². The van der Waals surface area contributed by atoms with E-state index in [2.05, 4.69) is 47.9 Å². The number of benzene rings is 2. The fourth-order valence-electron chi connectivity index (χ4n) is 4.41. The fourth-order valence-corrected chi connectivity index (χ4v) is 4.85. The summed E-state index contributed by atoms with van der Waals surface area (Å²) in [5.41, 5.74) is 13.7. The molecule has 9 heteroatoms. The summed E-state index contributed by atoms with van der Waals surface area (Å²) >= 11 is 1.53. The molecule has 1 fully saturated rings. The van der Waals surface area contributed by atoms with Crippen molar-refractivity contribution in [2.75, 3.05) is 21.3 Å². The number of hydrazine groups is 1. The standard InChI is InChI=1S/C29H39N7OS/c1-17-8-9-20(28(37)33-23-13-21(29(3,4)5)14-24(18(23)2)34-38-7)12-25(17)36(31)16-22(30)26-15-32-27(35(26)6)19-10-11-19/h8-9,12-16,19,34H,10-11,30-31H2,1-7H3,(H,33,37)/b22-16-. The van der Waals surface area contributed by atoms with E-state index in [0.29, 0.717) is 22.9 Å². The zero-order chi connectivity index (χ0) is 27.8. The number of imidazole rings is 1. The van der Waals surface area contributed by atoms with E-state index in [1.54, 1.807) is 18.5 Å². The molecule has 0 saturated heterocycles. The van der Waals surface area contributed by atoms with Crippen molar-refractivity contribution in [2.24, 2.45) is 18.6 Å². The van der Waals surface area contributed by atoms with Crippen LogP contribution in [0.3, 0.4) is 0 Å². The van der Waals surface area contributed by atoms with E-state index in [1.807, 2.05) is 43.9 Å². The topological polar surface area (TPSA) is 114 Å². The first-order chi connectivity index (χ1) is 17.9. The highest BCUT2D eigenvalue weighted by atomic mass is 32.2. The molecular formula is C29H39N7OS. The average Bonchev–Trinajstić information content (AvgIpc) is 3.62. The summed E-state index contributed by atoms with van der Waals surface area (Å²) in [6, 6.07) is 9.68. The molecule has 0 spiro atoms. The third-order valence-corrected chi connectivity index (χ3v) is 7.45. The SMILES string of the molecule is CSNc1cc(C(C)(C)C)cc(NC(=O)c2ccc(C)c(N(N)/C=C(\N)c3cnc(C4CC4)n3C)c2)c1C. The fraction of sp³-hybridized carbons (Fsp3) is 0.379. The number of hydrogen-bond acceptors (Lipinski definition) is 7. The van der Waals surface area contributed by atoms with Gasteiger partial charge < -0.3 is 20.3 Å². The summed E-state index contributed by atoms with van der Waals surface area (Å²) in [6.45, 7) is 10.4. The largest absolute Gasteiger partial charge is 0.396 e. The minimum atomic E-state index is -0.207. The van der Waals surface area contributed by atoms with Crippen LogP contribution < -0.4 is 26.6 Å². The van der Waals surface area contributed by atoms with Gasteiger partial charge in [0.05, 0.1) is 23.3 Å². The molecule has 8 nitrogen and oxygen atoms in total. The van der Waals surface area contributed by atoms with Crippen molar-refractivity contribution >= 4 is 40.6 Å². The first-order valence-electron chi connectivity index (χ1n) is 12.8. The molecule has 1 aromatic heterocycles. The van der Waals surface area contributed by atoms with Crippen molar-refractivity contribution in [3.63, 3.8) is 0 Å². The number of carbonyl (C=O) groups excluding carboxylic acids is 1. The lowest BCUT2D eigenvalue weighted by molar-refractivity contribution is 0.102. The second-order valence-electron chi connectivity index (χ2n) is 11.0. The molecule has 2 aromatic carbocycles. The summed E-state index contributed by atoms with van der Waals surface area (Å²) in [4.78, 5) is 17.9. The van der Waals surface area contributed by atoms with E-state index in [4.69, 9.17) is 11.6 Å². The molecule has 3 aromatic rings. The number of anilines is 3. The zero-order valence-corrected chi connectivity index (χ0v) is 24.2. The molecular weight excluding hydrogens is 494 g/mol. The van der Waals surface area contributed by atoms with Gasteiger partial charge in [-0.1, -0.05) is 38.8 Å². The number of amides is 1. The summed E-state index contributed by atoms with van der Waals surface area (Å²) in [5, 5.41) is 4.59. The third kappa shape index (κ3) is 5.84. The van der Waals surface area contributed by atoms with Crippen LogP contribution in [0.5, 0.6) is 0 Å². The van der Waals surface area contributed by atoms with Gasteiger partial charge in [-0.25, -0.2) is 10.8 Å². The molecule has 1 amide bonds. The van der Waals surface area contributed by atoms with E-state index in [-0.39, 0.29) is 11.3 Å². The van der Waals surface area contributed by atoms with Crippen molar-refractivity contribution < 1.29 is 4.79 Å². The first-order valence-corrected chi connectivity index (χ1v) is 14.0. The van der Waals surface area contributed by atoms with E-state index < -0.39 is 0 Å². The third-order valence-electron chi connectivity index (χ3n) is 7.02. The Kier molecular flexibility index (Phi) is 7.80. The number of hydrogen-bond donors (Lipinski definition) is 4. The molecule has 0 atom stereocenters. The quantitative estimate of drug-likeness (QED) is 0.165. The van der Waals surface area contributed by atoms with Gasteiger partial charge in [-0.2, -0.15) is 0 Å². The minimum Gasteiger partial charge on any atom is -0.396 e. The van der Waals surface area contributed by atoms with Gasteiger partial charge in [0.25, 0.3) is 5.91 Å². The van der Waals surface area contributed by atoms with Crippen LogP contribution in [0.2, 0.25) is 0 Å². The van der Waals surface area contributed by atoms with Gasteiger partial charge in [-0.3, -0.25) is 9.80 Å². The van der Waals surface area contributed by atoms with Gasteiger partial charge >= 0.3 is 0 Å². The highest BCUT2D eigenvalue weighted by Gasteiger charge is 2.28. The van der Waals surface area contributed by atoms with Crippen molar-refractivity contribution in [3.05, 3.63) is 76.5 Å². The average molecular weight is 534 g/mol. The lowest BCUT2D eigenvalue weighted by Crippen LogP contribution is -2.27. The first kappa shape index (κ1) is 27.6. The molecule has 0 unspecified atom stereocenters. The van der Waals surface area contributed by atoms with Crippen molar-refractivity contribution in [1.29, 1.82) is 0 Å². The van der Waals surface area contributed by atoms with Crippen LogP contribution in [-0.2, 0) is 12.5 Å². The molecule has 1 saturated carbocycles. The van der Waals surface area contributed by atoms with E-state index in [1.165, 1.54) is 29.8 Å². The number of carbonyl (C=O) groups is 1. The van der Waals surface area contributed by atoms with Crippen LogP contribution in [0.25, 0.3) is 5.70 Å². The van der Waals surface area contributed by atoms with Gasteiger partial charge in [0, 0.05) is 42.4 Å². The maximum absolute atomic E-state index is 13.4. The second-order valence-corrected chi connectivity index (χ2v) is 11.6. The Morgan fingerprint density at radius 1 is 1.18 bits per heavy atom. The molecule has 6 N–H and O–H groups in total. The zero-order valence-electron chi connectivity index (χ0n) is 23.3. The lowest BCUT2D eigenvalue weighted by atomic mass is 9.85. The maximum Gasteiger partial charge on any atom is 0.255 e. The number of nitrogens with one attached hydrogen (secondary N) is 2. The van der Waals surface area contributed by atoms with Crippen molar-refractivity contribution in [2.45, 2.75) is 58.8 Å². The number of rotatable bonds is 8. The minimum absolute atomic E-state index is 0.0708. The number of nitrogens with two attached hydrogens (primary N) is 2. The molecule has 202 valence electrons. The monoisotopic (exact) mass is 533 g/mol. The van der Waals surface area contributed by atoms with E-state index in [9.17, 15) is 4.79 Å². The van der Waals surface area contributed by atoms with Gasteiger partial charge in [-0.15, -0.1) is 0 Å².